The van der Waals surface area contributed by atoms with E-state index in [1.165, 1.54) is 0 Å². The Morgan fingerprint density at radius 3 is 2.65 bits per heavy atom. The molecule has 0 radical (unpaired) electrons. The molecule has 1 aliphatic heterocycles. The molecule has 34 heavy (non-hydrogen) atoms. The number of carbonyl (C=O) groups excluding carboxylic acids is 2. The highest BCUT2D eigenvalue weighted by atomic mass is 16.5. The van der Waals surface area contributed by atoms with E-state index >= 15 is 0 Å². The third kappa shape index (κ3) is 4.71. The second-order valence-electron chi connectivity index (χ2n) is 8.33. The lowest BCUT2D eigenvalue weighted by atomic mass is 9.75. The zero-order valence-electron chi connectivity index (χ0n) is 19.5. The van der Waals surface area contributed by atoms with Crippen LogP contribution in [0.5, 0.6) is 5.75 Å². The van der Waals surface area contributed by atoms with Crippen molar-refractivity contribution in [3.63, 3.8) is 0 Å². The maximum Gasteiger partial charge on any atom is 0.253 e. The van der Waals surface area contributed by atoms with Gasteiger partial charge in [0, 0.05) is 50.8 Å². The summed E-state index contributed by atoms with van der Waals surface area (Å²) in [6.07, 6.45) is 6.51. The molecule has 8 nitrogen and oxygen atoms in total. The van der Waals surface area contributed by atoms with Gasteiger partial charge in [-0.05, 0) is 60.9 Å². The SMILES string of the molecule is CNC(=O)[C@@]1(c2ccccn2)CCCN(C(=O)c2ccc(OC)c(NCc3ccncc3)c2)C1. The number of aromatic nitrogens is 2. The van der Waals surface area contributed by atoms with Gasteiger partial charge in [-0.25, -0.2) is 0 Å². The van der Waals surface area contributed by atoms with Crippen LogP contribution in [0.1, 0.15) is 34.5 Å². The summed E-state index contributed by atoms with van der Waals surface area (Å²) in [5, 5.41) is 6.13. The van der Waals surface area contributed by atoms with E-state index in [0.29, 0.717) is 42.9 Å². The number of anilines is 1. The van der Waals surface area contributed by atoms with Crippen LogP contribution in [0.15, 0.2) is 67.1 Å². The van der Waals surface area contributed by atoms with Crippen LogP contribution in [0.3, 0.4) is 0 Å². The molecular formula is C26H29N5O3. The van der Waals surface area contributed by atoms with E-state index in [4.69, 9.17) is 4.74 Å². The summed E-state index contributed by atoms with van der Waals surface area (Å²) in [4.78, 5) is 36.8. The summed E-state index contributed by atoms with van der Waals surface area (Å²) >= 11 is 0. The van der Waals surface area contributed by atoms with E-state index in [1.807, 2.05) is 30.3 Å². The fourth-order valence-corrected chi connectivity index (χ4v) is 4.48. The smallest absolute Gasteiger partial charge is 0.253 e. The lowest BCUT2D eigenvalue weighted by Crippen LogP contribution is -2.56. The van der Waals surface area contributed by atoms with Gasteiger partial charge in [-0.15, -0.1) is 0 Å². The normalized spacial score (nSPS) is 17.6. The van der Waals surface area contributed by atoms with Gasteiger partial charge in [-0.2, -0.15) is 0 Å². The van der Waals surface area contributed by atoms with Crippen molar-refractivity contribution in [3.8, 4) is 5.75 Å². The van der Waals surface area contributed by atoms with E-state index in [2.05, 4.69) is 20.6 Å². The van der Waals surface area contributed by atoms with Crippen molar-refractivity contribution in [1.29, 1.82) is 0 Å². The van der Waals surface area contributed by atoms with E-state index in [0.717, 1.165) is 11.3 Å². The van der Waals surface area contributed by atoms with Gasteiger partial charge in [0.05, 0.1) is 18.5 Å². The molecule has 0 saturated carbocycles. The molecule has 0 spiro atoms. The topological polar surface area (TPSA) is 96.5 Å². The summed E-state index contributed by atoms with van der Waals surface area (Å²) in [5.41, 5.74) is 2.13. The van der Waals surface area contributed by atoms with Crippen molar-refractivity contribution >= 4 is 17.5 Å². The molecule has 8 heteroatoms. The van der Waals surface area contributed by atoms with Crippen LogP contribution in [0.4, 0.5) is 5.69 Å². The number of nitrogens with zero attached hydrogens (tertiary/aromatic N) is 3. The molecule has 0 bridgehead atoms. The van der Waals surface area contributed by atoms with Crippen molar-refractivity contribution in [2.45, 2.75) is 24.8 Å². The number of likely N-dealkylation sites (tertiary alicyclic amines) is 1. The average molecular weight is 460 g/mol. The first-order valence-electron chi connectivity index (χ1n) is 11.3. The Kier molecular flexibility index (Phi) is 7.06. The minimum Gasteiger partial charge on any atom is -0.495 e. The molecule has 176 valence electrons. The van der Waals surface area contributed by atoms with Gasteiger partial charge in [-0.3, -0.25) is 19.6 Å². The van der Waals surface area contributed by atoms with Gasteiger partial charge in [0.1, 0.15) is 11.2 Å². The fourth-order valence-electron chi connectivity index (χ4n) is 4.48. The van der Waals surface area contributed by atoms with Gasteiger partial charge < -0.3 is 20.3 Å². The number of nitrogens with one attached hydrogen (secondary N) is 2. The summed E-state index contributed by atoms with van der Waals surface area (Å²) in [6.45, 7) is 1.42. The molecule has 4 rings (SSSR count). The number of likely N-dealkylation sites (N-methyl/N-ethyl adjacent to an activating group) is 1. The van der Waals surface area contributed by atoms with Crippen LogP contribution in [0, 0.1) is 0 Å². The van der Waals surface area contributed by atoms with E-state index < -0.39 is 5.41 Å². The number of methoxy groups -OCH3 is 1. The van der Waals surface area contributed by atoms with Gasteiger partial charge in [0.2, 0.25) is 5.91 Å². The van der Waals surface area contributed by atoms with Crippen LogP contribution >= 0.6 is 0 Å². The first-order valence-corrected chi connectivity index (χ1v) is 11.3. The number of hydrogen-bond donors (Lipinski definition) is 2. The number of ether oxygens (including phenoxy) is 1. The number of piperidine rings is 1. The summed E-state index contributed by atoms with van der Waals surface area (Å²) in [7, 11) is 3.22. The molecule has 0 aliphatic carbocycles. The zero-order valence-corrected chi connectivity index (χ0v) is 19.5. The Bertz CT molecular complexity index is 1140. The van der Waals surface area contributed by atoms with Crippen molar-refractivity contribution < 1.29 is 14.3 Å². The molecule has 2 aromatic heterocycles. The molecule has 1 aromatic carbocycles. The molecule has 2 amide bonds. The molecule has 2 N–H and O–H groups in total. The molecular weight excluding hydrogens is 430 g/mol. The Balaban J connectivity index is 1.58. The summed E-state index contributed by atoms with van der Waals surface area (Å²) in [5.74, 6) is 0.397. The molecule has 3 heterocycles. The molecule has 1 fully saturated rings. The minimum absolute atomic E-state index is 0.126. The predicted molar refractivity (Wildman–Crippen MR) is 130 cm³/mol. The maximum atomic E-state index is 13.6. The lowest BCUT2D eigenvalue weighted by molar-refractivity contribution is -0.128. The van der Waals surface area contributed by atoms with Gasteiger partial charge in [-0.1, -0.05) is 6.07 Å². The first kappa shape index (κ1) is 23.2. The van der Waals surface area contributed by atoms with Gasteiger partial charge >= 0.3 is 0 Å². The van der Waals surface area contributed by atoms with E-state index in [-0.39, 0.29) is 18.4 Å². The molecule has 1 saturated heterocycles. The highest BCUT2D eigenvalue weighted by molar-refractivity contribution is 5.97. The van der Waals surface area contributed by atoms with Crippen LogP contribution in [-0.4, -0.2) is 53.9 Å². The highest BCUT2D eigenvalue weighted by Gasteiger charge is 2.45. The predicted octanol–water partition coefficient (Wildman–Crippen LogP) is 3.02. The third-order valence-electron chi connectivity index (χ3n) is 6.28. The number of pyridine rings is 2. The molecule has 1 atom stereocenters. The Morgan fingerprint density at radius 1 is 1.12 bits per heavy atom. The number of amides is 2. The average Bonchev–Trinajstić information content (AvgIpc) is 2.91. The largest absolute Gasteiger partial charge is 0.495 e. The number of benzene rings is 1. The Morgan fingerprint density at radius 2 is 1.94 bits per heavy atom. The standard InChI is InChI=1S/C26H29N5O3/c1-27-25(33)26(23-6-3-4-12-29-23)11-5-15-31(18-26)24(32)20-7-8-22(34-2)21(16-20)30-17-19-9-13-28-14-10-19/h3-4,6-10,12-14,16,30H,5,11,15,17-18H2,1-2H3,(H,27,33)/t26-/m0/s1. The van der Waals surface area contributed by atoms with Gasteiger partial charge in [0.25, 0.3) is 5.91 Å². The van der Waals surface area contributed by atoms with Gasteiger partial charge in [0.15, 0.2) is 0 Å². The van der Waals surface area contributed by atoms with E-state index in [1.54, 1.807) is 55.8 Å². The van der Waals surface area contributed by atoms with Crippen molar-refractivity contribution in [3.05, 3.63) is 83.9 Å². The quantitative estimate of drug-likeness (QED) is 0.564. The second-order valence-corrected chi connectivity index (χ2v) is 8.33. The van der Waals surface area contributed by atoms with Crippen LogP contribution in [0.2, 0.25) is 0 Å². The highest BCUT2D eigenvalue weighted by Crippen LogP contribution is 2.35. The van der Waals surface area contributed by atoms with Crippen molar-refractivity contribution in [2.75, 3.05) is 32.6 Å². The van der Waals surface area contributed by atoms with Crippen LogP contribution in [-0.2, 0) is 16.8 Å². The summed E-state index contributed by atoms with van der Waals surface area (Å²) < 4.78 is 5.49. The monoisotopic (exact) mass is 459 g/mol. The summed E-state index contributed by atoms with van der Waals surface area (Å²) in [6, 6.07) is 14.8. The number of rotatable bonds is 7. The minimum atomic E-state index is -0.876. The zero-order chi connectivity index (χ0) is 24.0. The fraction of sp³-hybridized carbons (Fsp3) is 0.308. The second kappa shape index (κ2) is 10.3. The van der Waals surface area contributed by atoms with Crippen LogP contribution < -0.4 is 15.4 Å². The van der Waals surface area contributed by atoms with E-state index in [9.17, 15) is 9.59 Å². The third-order valence-corrected chi connectivity index (χ3v) is 6.28. The maximum absolute atomic E-state index is 13.6. The number of carbonyl (C=O) groups is 2. The van der Waals surface area contributed by atoms with Crippen molar-refractivity contribution in [2.24, 2.45) is 0 Å². The van der Waals surface area contributed by atoms with Crippen LogP contribution in [0.25, 0.3) is 0 Å². The molecule has 0 unspecified atom stereocenters. The number of hydrogen-bond acceptors (Lipinski definition) is 6. The first-order chi connectivity index (χ1) is 16.6. The van der Waals surface area contributed by atoms with Crippen molar-refractivity contribution in [1.82, 2.24) is 20.2 Å². The molecule has 3 aromatic rings. The Hall–Kier alpha value is -3.94. The lowest BCUT2D eigenvalue weighted by Gasteiger charge is -2.41. The molecule has 1 aliphatic rings. The Labute approximate surface area is 199 Å².